The minimum absolute atomic E-state index is 0.254. The van der Waals surface area contributed by atoms with E-state index >= 15 is 0 Å². The molecule has 2 rings (SSSR count). The maximum atomic E-state index is 11.7. The van der Waals surface area contributed by atoms with Gasteiger partial charge in [-0.3, -0.25) is 4.79 Å². The fourth-order valence-corrected chi connectivity index (χ4v) is 1.83. The molecule has 0 spiro atoms. The normalized spacial score (nSPS) is 10.2. The zero-order valence-corrected chi connectivity index (χ0v) is 11.0. The molecule has 88 valence electrons. The Morgan fingerprint density at radius 1 is 1.53 bits per heavy atom. The van der Waals surface area contributed by atoms with Gasteiger partial charge in [0.05, 0.1) is 6.20 Å². The fraction of sp³-hybridized carbons (Fsp3) is 0.0909. The number of amides is 1. The number of aromatic amines is 1. The number of hydrogen-bond donors (Lipinski definition) is 2. The molecule has 17 heavy (non-hydrogen) atoms. The Balaban J connectivity index is 1.97. The first-order valence-corrected chi connectivity index (χ1v) is 6.05. The van der Waals surface area contributed by atoms with Crippen LogP contribution in [0.15, 0.2) is 35.1 Å². The number of carbonyl (C=O) groups excluding carboxylic acids is 1. The predicted octanol–water partition coefficient (Wildman–Crippen LogP) is 2.76. The number of H-pyrrole nitrogens is 1. The average Bonchev–Trinajstić information content (AvgIpc) is 2.73. The van der Waals surface area contributed by atoms with Crippen LogP contribution >= 0.6 is 27.5 Å². The van der Waals surface area contributed by atoms with Gasteiger partial charge >= 0.3 is 0 Å². The monoisotopic (exact) mass is 313 g/mol. The maximum absolute atomic E-state index is 11.7. The van der Waals surface area contributed by atoms with E-state index in [1.54, 1.807) is 12.1 Å². The highest BCUT2D eigenvalue weighted by Crippen LogP contribution is 2.10. The third-order valence-electron chi connectivity index (χ3n) is 2.10. The van der Waals surface area contributed by atoms with Crippen LogP contribution in [-0.2, 0) is 6.54 Å². The SMILES string of the molecule is O=C(NCc1cccc(Cl)c1)c1ncc(Br)[nH]1. The van der Waals surface area contributed by atoms with Crippen molar-refractivity contribution in [2.75, 3.05) is 0 Å². The molecule has 0 radical (unpaired) electrons. The van der Waals surface area contributed by atoms with Crippen LogP contribution in [0.5, 0.6) is 0 Å². The quantitative estimate of drug-likeness (QED) is 0.915. The molecule has 0 atom stereocenters. The molecule has 1 aromatic carbocycles. The highest BCUT2D eigenvalue weighted by atomic mass is 79.9. The molecule has 0 bridgehead atoms. The van der Waals surface area contributed by atoms with Crippen LogP contribution in [-0.4, -0.2) is 15.9 Å². The molecular weight excluding hydrogens is 305 g/mol. The topological polar surface area (TPSA) is 57.8 Å². The molecule has 0 saturated carbocycles. The van der Waals surface area contributed by atoms with Crippen molar-refractivity contribution in [1.29, 1.82) is 0 Å². The highest BCUT2D eigenvalue weighted by molar-refractivity contribution is 9.10. The Labute approximate surface area is 112 Å². The van der Waals surface area contributed by atoms with Crippen LogP contribution in [0.1, 0.15) is 16.2 Å². The first-order chi connectivity index (χ1) is 8.15. The molecule has 6 heteroatoms. The van der Waals surface area contributed by atoms with Crippen LogP contribution in [0.3, 0.4) is 0 Å². The van der Waals surface area contributed by atoms with Crippen molar-refractivity contribution in [2.24, 2.45) is 0 Å². The summed E-state index contributed by atoms with van der Waals surface area (Å²) >= 11 is 9.03. The van der Waals surface area contributed by atoms with E-state index in [2.05, 4.69) is 31.2 Å². The van der Waals surface area contributed by atoms with Gasteiger partial charge in [-0.15, -0.1) is 0 Å². The number of aromatic nitrogens is 2. The smallest absolute Gasteiger partial charge is 0.287 e. The standard InChI is InChI=1S/C11H9BrClN3O/c12-9-6-14-10(16-9)11(17)15-5-7-2-1-3-8(13)4-7/h1-4,6H,5H2,(H,14,16)(H,15,17). The third-order valence-corrected chi connectivity index (χ3v) is 2.74. The Kier molecular flexibility index (Phi) is 3.81. The van der Waals surface area contributed by atoms with E-state index in [9.17, 15) is 4.79 Å². The van der Waals surface area contributed by atoms with E-state index in [-0.39, 0.29) is 11.7 Å². The lowest BCUT2D eigenvalue weighted by molar-refractivity contribution is 0.0941. The molecule has 1 aromatic heterocycles. The summed E-state index contributed by atoms with van der Waals surface area (Å²) in [6.45, 7) is 0.414. The van der Waals surface area contributed by atoms with Crippen molar-refractivity contribution in [3.63, 3.8) is 0 Å². The van der Waals surface area contributed by atoms with E-state index in [1.807, 2.05) is 12.1 Å². The largest absolute Gasteiger partial charge is 0.345 e. The molecule has 2 aromatic rings. The zero-order chi connectivity index (χ0) is 12.3. The highest BCUT2D eigenvalue weighted by Gasteiger charge is 2.08. The van der Waals surface area contributed by atoms with Gasteiger partial charge in [0, 0.05) is 11.6 Å². The molecule has 0 aliphatic heterocycles. The van der Waals surface area contributed by atoms with E-state index in [4.69, 9.17) is 11.6 Å². The minimum atomic E-state index is -0.254. The van der Waals surface area contributed by atoms with Crippen LogP contribution in [0.4, 0.5) is 0 Å². The van der Waals surface area contributed by atoms with Gasteiger partial charge in [-0.25, -0.2) is 4.98 Å². The second-order valence-electron chi connectivity index (χ2n) is 3.39. The minimum Gasteiger partial charge on any atom is -0.345 e. The first kappa shape index (κ1) is 12.1. The zero-order valence-electron chi connectivity index (χ0n) is 8.71. The number of benzene rings is 1. The van der Waals surface area contributed by atoms with Crippen molar-refractivity contribution in [2.45, 2.75) is 6.54 Å². The summed E-state index contributed by atoms with van der Waals surface area (Å²) in [4.78, 5) is 18.4. The molecule has 1 amide bonds. The van der Waals surface area contributed by atoms with Crippen molar-refractivity contribution >= 4 is 33.4 Å². The number of carbonyl (C=O) groups is 1. The second-order valence-corrected chi connectivity index (χ2v) is 4.68. The molecule has 1 heterocycles. The predicted molar refractivity (Wildman–Crippen MR) is 68.9 cm³/mol. The molecule has 0 aliphatic rings. The fourth-order valence-electron chi connectivity index (χ4n) is 1.33. The molecule has 0 fully saturated rings. The Hall–Kier alpha value is -1.33. The van der Waals surface area contributed by atoms with Gasteiger partial charge in [0.1, 0.15) is 4.60 Å². The third kappa shape index (κ3) is 3.31. The molecule has 0 aliphatic carbocycles. The van der Waals surface area contributed by atoms with E-state index < -0.39 is 0 Å². The summed E-state index contributed by atoms with van der Waals surface area (Å²) in [7, 11) is 0. The van der Waals surface area contributed by atoms with E-state index in [1.165, 1.54) is 6.20 Å². The molecule has 4 nitrogen and oxygen atoms in total. The van der Waals surface area contributed by atoms with Crippen LogP contribution in [0.2, 0.25) is 5.02 Å². The maximum Gasteiger partial charge on any atom is 0.287 e. The van der Waals surface area contributed by atoms with Gasteiger partial charge in [0.15, 0.2) is 5.82 Å². The van der Waals surface area contributed by atoms with Crippen LogP contribution in [0.25, 0.3) is 0 Å². The number of nitrogens with zero attached hydrogens (tertiary/aromatic N) is 1. The summed E-state index contributed by atoms with van der Waals surface area (Å²) in [6, 6.07) is 7.33. The van der Waals surface area contributed by atoms with Gasteiger partial charge in [0.25, 0.3) is 5.91 Å². The van der Waals surface area contributed by atoms with Crippen LogP contribution < -0.4 is 5.32 Å². The molecular formula is C11H9BrClN3O. The first-order valence-electron chi connectivity index (χ1n) is 4.88. The van der Waals surface area contributed by atoms with Gasteiger partial charge in [-0.1, -0.05) is 23.7 Å². The molecule has 0 saturated heterocycles. The Morgan fingerprint density at radius 3 is 3.00 bits per heavy atom. The average molecular weight is 315 g/mol. The Morgan fingerprint density at radius 2 is 2.35 bits per heavy atom. The van der Waals surface area contributed by atoms with Crippen molar-refractivity contribution in [3.05, 3.63) is 51.5 Å². The summed E-state index contributed by atoms with van der Waals surface area (Å²) < 4.78 is 0.672. The number of halogens is 2. The summed E-state index contributed by atoms with van der Waals surface area (Å²) in [6.07, 6.45) is 1.54. The van der Waals surface area contributed by atoms with Crippen molar-refractivity contribution in [3.8, 4) is 0 Å². The number of nitrogens with one attached hydrogen (secondary N) is 2. The van der Waals surface area contributed by atoms with Crippen molar-refractivity contribution in [1.82, 2.24) is 15.3 Å². The number of hydrogen-bond acceptors (Lipinski definition) is 2. The van der Waals surface area contributed by atoms with Gasteiger partial charge in [-0.2, -0.15) is 0 Å². The summed E-state index contributed by atoms with van der Waals surface area (Å²) in [5.41, 5.74) is 0.941. The van der Waals surface area contributed by atoms with Crippen LogP contribution in [0, 0.1) is 0 Å². The summed E-state index contributed by atoms with van der Waals surface area (Å²) in [5.74, 6) is 0.0228. The van der Waals surface area contributed by atoms with E-state index in [0.717, 1.165) is 5.56 Å². The van der Waals surface area contributed by atoms with Gasteiger partial charge < -0.3 is 10.3 Å². The second kappa shape index (κ2) is 5.33. The Bertz CT molecular complexity index is 541. The lowest BCUT2D eigenvalue weighted by atomic mass is 10.2. The summed E-state index contributed by atoms with van der Waals surface area (Å²) in [5, 5.41) is 3.39. The van der Waals surface area contributed by atoms with Gasteiger partial charge in [-0.05, 0) is 33.6 Å². The van der Waals surface area contributed by atoms with Crippen molar-refractivity contribution < 1.29 is 4.79 Å². The molecule has 2 N–H and O–H groups in total. The number of imidazole rings is 1. The lowest BCUT2D eigenvalue weighted by Gasteiger charge is -2.03. The number of rotatable bonds is 3. The van der Waals surface area contributed by atoms with Gasteiger partial charge in [0.2, 0.25) is 0 Å². The molecule has 0 unspecified atom stereocenters. The lowest BCUT2D eigenvalue weighted by Crippen LogP contribution is -2.23. The van der Waals surface area contributed by atoms with E-state index in [0.29, 0.717) is 16.2 Å².